The monoisotopic (exact) mass is 357 g/mol. The van der Waals surface area contributed by atoms with Crippen LogP contribution in [0.3, 0.4) is 0 Å². The number of nitrogens with zero attached hydrogens (tertiary/aromatic N) is 4. The third kappa shape index (κ3) is 2.76. The lowest BCUT2D eigenvalue weighted by atomic mass is 10.1. The summed E-state index contributed by atoms with van der Waals surface area (Å²) in [6.07, 6.45) is 5.06. The van der Waals surface area contributed by atoms with E-state index in [0.29, 0.717) is 22.5 Å². The van der Waals surface area contributed by atoms with Crippen molar-refractivity contribution < 1.29 is 19.7 Å². The summed E-state index contributed by atoms with van der Waals surface area (Å²) in [5.74, 6) is 0.238. The first-order chi connectivity index (χ1) is 12.7. The number of nitrogens with one attached hydrogen (secondary N) is 1. The molecule has 0 aliphatic carbocycles. The van der Waals surface area contributed by atoms with Crippen molar-refractivity contribution in [2.45, 2.75) is 25.6 Å². The van der Waals surface area contributed by atoms with Crippen molar-refractivity contribution in [2.75, 3.05) is 19.0 Å². The highest BCUT2D eigenvalue weighted by Crippen LogP contribution is 2.38. The molecule has 0 radical (unpaired) electrons. The Morgan fingerprint density at radius 1 is 1.27 bits per heavy atom. The van der Waals surface area contributed by atoms with E-state index in [9.17, 15) is 10.2 Å². The minimum absolute atomic E-state index is 0.0506. The third-order valence-electron chi connectivity index (χ3n) is 4.44. The molecule has 9 nitrogen and oxygen atoms in total. The standard InChI is InChI=1S/C17H19N5O4/c1-25-11-5-4-10(14(23)15(11)24)7-18-16-13-17(20-8-19-16)22(9-21-13)12-3-2-6-26-12/h4-5,8-9,12,23-24H,2-3,6-7H2,1H3,(H,18,19,20). The van der Waals surface area contributed by atoms with E-state index < -0.39 is 0 Å². The average molecular weight is 357 g/mol. The summed E-state index contributed by atoms with van der Waals surface area (Å²) < 4.78 is 12.6. The van der Waals surface area contributed by atoms with Gasteiger partial charge < -0.3 is 25.0 Å². The van der Waals surface area contributed by atoms with E-state index in [4.69, 9.17) is 9.47 Å². The molecule has 136 valence electrons. The van der Waals surface area contributed by atoms with Crippen molar-refractivity contribution >= 4 is 17.0 Å². The predicted octanol–water partition coefficient (Wildman–Crippen LogP) is 2.17. The van der Waals surface area contributed by atoms with Gasteiger partial charge in [-0.2, -0.15) is 0 Å². The summed E-state index contributed by atoms with van der Waals surface area (Å²) in [7, 11) is 1.43. The highest BCUT2D eigenvalue weighted by atomic mass is 16.5. The Hall–Kier alpha value is -3.07. The molecule has 1 aliphatic heterocycles. The fourth-order valence-electron chi connectivity index (χ4n) is 3.06. The molecule has 1 atom stereocenters. The van der Waals surface area contributed by atoms with Crippen molar-refractivity contribution in [1.29, 1.82) is 0 Å². The molecule has 1 saturated heterocycles. The van der Waals surface area contributed by atoms with Gasteiger partial charge in [0.15, 0.2) is 28.5 Å². The molecule has 2 aromatic heterocycles. The molecular formula is C17H19N5O4. The molecule has 1 fully saturated rings. The van der Waals surface area contributed by atoms with E-state index in [1.54, 1.807) is 18.5 Å². The number of phenols is 2. The summed E-state index contributed by atoms with van der Waals surface area (Å²) in [5, 5.41) is 23.2. The molecule has 0 saturated carbocycles. The van der Waals surface area contributed by atoms with Crippen molar-refractivity contribution in [1.82, 2.24) is 19.5 Å². The number of anilines is 1. The lowest BCUT2D eigenvalue weighted by Gasteiger charge is -2.12. The van der Waals surface area contributed by atoms with Gasteiger partial charge in [-0.15, -0.1) is 0 Å². The maximum Gasteiger partial charge on any atom is 0.200 e. The van der Waals surface area contributed by atoms with Gasteiger partial charge in [-0.25, -0.2) is 15.0 Å². The Kier molecular flexibility index (Phi) is 4.21. The van der Waals surface area contributed by atoms with Gasteiger partial charge in [-0.3, -0.25) is 4.57 Å². The van der Waals surface area contributed by atoms with Gasteiger partial charge in [0.25, 0.3) is 0 Å². The van der Waals surface area contributed by atoms with Crippen LogP contribution in [0.1, 0.15) is 24.6 Å². The molecule has 1 unspecified atom stereocenters. The second-order valence-electron chi connectivity index (χ2n) is 5.99. The quantitative estimate of drug-likeness (QED) is 0.595. The summed E-state index contributed by atoms with van der Waals surface area (Å²) in [6.45, 7) is 0.989. The largest absolute Gasteiger partial charge is 0.504 e. The Morgan fingerprint density at radius 3 is 2.92 bits per heavy atom. The third-order valence-corrected chi connectivity index (χ3v) is 4.44. The first-order valence-electron chi connectivity index (χ1n) is 8.30. The van der Waals surface area contributed by atoms with Gasteiger partial charge in [0.1, 0.15) is 12.6 Å². The van der Waals surface area contributed by atoms with Gasteiger partial charge in [0.2, 0.25) is 5.75 Å². The van der Waals surface area contributed by atoms with Gasteiger partial charge in [0, 0.05) is 18.7 Å². The molecule has 26 heavy (non-hydrogen) atoms. The Bertz CT molecular complexity index is 936. The SMILES string of the molecule is COc1ccc(CNc2ncnc3c2ncn3C2CCCO2)c(O)c1O. The average Bonchev–Trinajstić information content (AvgIpc) is 3.32. The van der Waals surface area contributed by atoms with E-state index in [0.717, 1.165) is 19.4 Å². The number of benzene rings is 1. The number of rotatable bonds is 5. The topological polar surface area (TPSA) is 115 Å². The normalized spacial score (nSPS) is 16.9. The minimum atomic E-state index is -0.290. The molecule has 3 aromatic rings. The minimum Gasteiger partial charge on any atom is -0.504 e. The number of hydrogen-bond acceptors (Lipinski definition) is 8. The first-order valence-corrected chi connectivity index (χ1v) is 8.30. The zero-order valence-electron chi connectivity index (χ0n) is 14.2. The summed E-state index contributed by atoms with van der Waals surface area (Å²) in [6, 6.07) is 3.26. The van der Waals surface area contributed by atoms with E-state index in [-0.39, 0.29) is 30.0 Å². The molecule has 0 amide bonds. The molecule has 0 bridgehead atoms. The molecule has 3 N–H and O–H groups in total. The Balaban J connectivity index is 1.59. The Morgan fingerprint density at radius 2 is 2.15 bits per heavy atom. The number of ether oxygens (including phenoxy) is 2. The van der Waals surface area contributed by atoms with Crippen LogP contribution < -0.4 is 10.1 Å². The summed E-state index contributed by atoms with van der Waals surface area (Å²) in [4.78, 5) is 13.0. The van der Waals surface area contributed by atoms with E-state index in [2.05, 4.69) is 20.3 Å². The van der Waals surface area contributed by atoms with Crippen LogP contribution in [0.4, 0.5) is 5.82 Å². The number of phenolic OH excluding ortho intramolecular Hbond substituents is 2. The first kappa shape index (κ1) is 16.4. The maximum absolute atomic E-state index is 10.1. The van der Waals surface area contributed by atoms with Crippen LogP contribution in [-0.2, 0) is 11.3 Å². The maximum atomic E-state index is 10.1. The summed E-state index contributed by atoms with van der Waals surface area (Å²) in [5.41, 5.74) is 1.82. The zero-order chi connectivity index (χ0) is 18.1. The van der Waals surface area contributed by atoms with Crippen molar-refractivity contribution in [2.24, 2.45) is 0 Å². The van der Waals surface area contributed by atoms with Gasteiger partial charge in [0.05, 0.1) is 13.4 Å². The smallest absolute Gasteiger partial charge is 0.200 e. The van der Waals surface area contributed by atoms with Gasteiger partial charge >= 0.3 is 0 Å². The van der Waals surface area contributed by atoms with E-state index in [1.807, 2.05) is 4.57 Å². The number of imidazole rings is 1. The van der Waals surface area contributed by atoms with Crippen LogP contribution in [0.5, 0.6) is 17.2 Å². The van der Waals surface area contributed by atoms with Crippen LogP contribution in [0, 0.1) is 0 Å². The van der Waals surface area contributed by atoms with Crippen molar-refractivity contribution in [3.63, 3.8) is 0 Å². The number of fused-ring (bicyclic) bond motifs is 1. The van der Waals surface area contributed by atoms with Crippen molar-refractivity contribution in [3.05, 3.63) is 30.4 Å². The molecule has 1 aromatic carbocycles. The summed E-state index contributed by atoms with van der Waals surface area (Å²) >= 11 is 0. The highest BCUT2D eigenvalue weighted by molar-refractivity contribution is 5.82. The second kappa shape index (κ2) is 6.68. The predicted molar refractivity (Wildman–Crippen MR) is 93.2 cm³/mol. The van der Waals surface area contributed by atoms with Crippen molar-refractivity contribution in [3.8, 4) is 17.2 Å². The lowest BCUT2D eigenvalue weighted by Crippen LogP contribution is -2.07. The number of hydrogen-bond donors (Lipinski definition) is 3. The van der Waals surface area contributed by atoms with Crippen LogP contribution in [0.15, 0.2) is 24.8 Å². The van der Waals surface area contributed by atoms with Crippen LogP contribution in [0.25, 0.3) is 11.2 Å². The Labute approximate surface area is 149 Å². The number of aromatic hydroxyl groups is 2. The molecule has 3 heterocycles. The number of aromatic nitrogens is 4. The van der Waals surface area contributed by atoms with E-state index in [1.165, 1.54) is 13.4 Å². The van der Waals surface area contributed by atoms with Crippen LogP contribution in [-0.4, -0.2) is 43.4 Å². The molecule has 0 spiro atoms. The second-order valence-corrected chi connectivity index (χ2v) is 5.99. The van der Waals surface area contributed by atoms with Gasteiger partial charge in [-0.05, 0) is 25.0 Å². The van der Waals surface area contributed by atoms with Crippen LogP contribution in [0.2, 0.25) is 0 Å². The molecule has 1 aliphatic rings. The zero-order valence-corrected chi connectivity index (χ0v) is 14.2. The fourth-order valence-corrected chi connectivity index (χ4v) is 3.06. The molecule has 9 heteroatoms. The molecular weight excluding hydrogens is 338 g/mol. The number of methoxy groups -OCH3 is 1. The van der Waals surface area contributed by atoms with Gasteiger partial charge in [-0.1, -0.05) is 0 Å². The fraction of sp³-hybridized carbons (Fsp3) is 0.353. The lowest BCUT2D eigenvalue weighted by molar-refractivity contribution is 0.0593. The van der Waals surface area contributed by atoms with Crippen LogP contribution >= 0.6 is 0 Å². The van der Waals surface area contributed by atoms with E-state index >= 15 is 0 Å². The molecule has 4 rings (SSSR count). The highest BCUT2D eigenvalue weighted by Gasteiger charge is 2.21.